The first kappa shape index (κ1) is 13.8. The Balaban J connectivity index is 2.49. The predicted molar refractivity (Wildman–Crippen MR) is 85.2 cm³/mol. The standard InChI is InChI=1S/C16H19BrS/c1-9-6-11(3)15(12(4)7-9)16(17)14-8-10(2)13(5)18-14/h6-8,16H,1-5H3. The van der Waals surface area contributed by atoms with E-state index in [-0.39, 0.29) is 0 Å². The molecule has 0 saturated carbocycles. The number of aryl methyl sites for hydroxylation is 5. The molecule has 2 rings (SSSR count). The zero-order chi connectivity index (χ0) is 13.4. The molecule has 96 valence electrons. The zero-order valence-electron chi connectivity index (χ0n) is 11.6. The number of alkyl halides is 1. The third kappa shape index (κ3) is 2.55. The van der Waals surface area contributed by atoms with E-state index < -0.39 is 0 Å². The highest BCUT2D eigenvalue weighted by molar-refractivity contribution is 9.09. The molecule has 0 aliphatic heterocycles. The third-order valence-corrected chi connectivity index (χ3v) is 5.90. The number of halogens is 1. The smallest absolute Gasteiger partial charge is 0.0743 e. The summed E-state index contributed by atoms with van der Waals surface area (Å²) in [6.45, 7) is 10.9. The van der Waals surface area contributed by atoms with Crippen molar-refractivity contribution in [1.29, 1.82) is 0 Å². The highest BCUT2D eigenvalue weighted by Crippen LogP contribution is 2.39. The Labute approximate surface area is 122 Å². The van der Waals surface area contributed by atoms with Crippen molar-refractivity contribution in [3.05, 3.63) is 55.8 Å². The van der Waals surface area contributed by atoms with Crippen LogP contribution in [0.4, 0.5) is 0 Å². The molecule has 2 aromatic rings. The molecule has 0 radical (unpaired) electrons. The average Bonchev–Trinajstić information content (AvgIpc) is 2.57. The summed E-state index contributed by atoms with van der Waals surface area (Å²) in [6.07, 6.45) is 0. The average molecular weight is 323 g/mol. The molecule has 0 saturated heterocycles. The van der Waals surface area contributed by atoms with Crippen molar-refractivity contribution in [3.8, 4) is 0 Å². The monoisotopic (exact) mass is 322 g/mol. The second-order valence-corrected chi connectivity index (χ2v) is 7.27. The summed E-state index contributed by atoms with van der Waals surface area (Å²) in [6, 6.07) is 6.84. The van der Waals surface area contributed by atoms with Gasteiger partial charge in [0.1, 0.15) is 0 Å². The Bertz CT molecular complexity index is 538. The zero-order valence-corrected chi connectivity index (χ0v) is 14.0. The number of rotatable bonds is 2. The van der Waals surface area contributed by atoms with Crippen LogP contribution in [0.1, 0.15) is 42.4 Å². The number of thiophene rings is 1. The fourth-order valence-electron chi connectivity index (χ4n) is 2.46. The van der Waals surface area contributed by atoms with E-state index in [0.29, 0.717) is 4.83 Å². The molecule has 1 unspecified atom stereocenters. The topological polar surface area (TPSA) is 0 Å². The van der Waals surface area contributed by atoms with Crippen molar-refractivity contribution in [2.24, 2.45) is 0 Å². The fourth-order valence-corrected chi connectivity index (χ4v) is 4.63. The Morgan fingerprint density at radius 2 is 1.44 bits per heavy atom. The van der Waals surface area contributed by atoms with Crippen LogP contribution in [-0.4, -0.2) is 0 Å². The van der Waals surface area contributed by atoms with Crippen LogP contribution in [0.15, 0.2) is 18.2 Å². The van der Waals surface area contributed by atoms with E-state index in [1.807, 2.05) is 11.3 Å². The molecule has 0 amide bonds. The lowest BCUT2D eigenvalue weighted by Crippen LogP contribution is -1.98. The highest BCUT2D eigenvalue weighted by Gasteiger charge is 2.18. The van der Waals surface area contributed by atoms with Gasteiger partial charge in [-0.1, -0.05) is 33.6 Å². The summed E-state index contributed by atoms with van der Waals surface area (Å²) in [4.78, 5) is 3.13. The van der Waals surface area contributed by atoms with Crippen LogP contribution >= 0.6 is 27.3 Å². The first-order valence-corrected chi connectivity index (χ1v) is 7.92. The molecule has 1 heterocycles. The summed E-state index contributed by atoms with van der Waals surface area (Å²) in [5.74, 6) is 0. The van der Waals surface area contributed by atoms with Gasteiger partial charge in [-0.2, -0.15) is 0 Å². The van der Waals surface area contributed by atoms with E-state index in [4.69, 9.17) is 0 Å². The molecule has 0 fully saturated rings. The second kappa shape index (κ2) is 5.18. The quantitative estimate of drug-likeness (QED) is 0.615. The first-order valence-electron chi connectivity index (χ1n) is 6.19. The van der Waals surface area contributed by atoms with Gasteiger partial charge in [0, 0.05) is 9.75 Å². The maximum atomic E-state index is 3.88. The lowest BCUT2D eigenvalue weighted by Gasteiger charge is -2.16. The maximum Gasteiger partial charge on any atom is 0.0743 e. The molecule has 0 aliphatic carbocycles. The summed E-state index contributed by atoms with van der Waals surface area (Å²) < 4.78 is 0. The minimum Gasteiger partial charge on any atom is -0.144 e. The highest BCUT2D eigenvalue weighted by atomic mass is 79.9. The Kier molecular flexibility index (Phi) is 3.98. The van der Waals surface area contributed by atoms with Crippen LogP contribution in [-0.2, 0) is 0 Å². The summed E-state index contributed by atoms with van der Waals surface area (Å²) in [5, 5.41) is 0. The molecule has 0 spiro atoms. The minimum atomic E-state index is 0.315. The number of hydrogen-bond acceptors (Lipinski definition) is 1. The second-order valence-electron chi connectivity index (χ2n) is 5.06. The Hall–Kier alpha value is -0.600. The predicted octanol–water partition coefficient (Wildman–Crippen LogP) is 5.77. The molecule has 0 nitrogen and oxygen atoms in total. The van der Waals surface area contributed by atoms with Crippen LogP contribution in [0.2, 0.25) is 0 Å². The van der Waals surface area contributed by atoms with Crippen molar-refractivity contribution in [2.45, 2.75) is 39.4 Å². The summed E-state index contributed by atoms with van der Waals surface area (Å²) in [7, 11) is 0. The molecule has 2 heteroatoms. The van der Waals surface area contributed by atoms with Crippen LogP contribution < -0.4 is 0 Å². The lowest BCUT2D eigenvalue weighted by atomic mass is 9.96. The first-order chi connectivity index (χ1) is 8.40. The van der Waals surface area contributed by atoms with Gasteiger partial charge in [0.25, 0.3) is 0 Å². The maximum absolute atomic E-state index is 3.88. The molecule has 0 N–H and O–H groups in total. The largest absolute Gasteiger partial charge is 0.144 e. The van der Waals surface area contributed by atoms with Gasteiger partial charge in [-0.3, -0.25) is 0 Å². The molecule has 1 aromatic carbocycles. The van der Waals surface area contributed by atoms with Gasteiger partial charge < -0.3 is 0 Å². The normalized spacial score (nSPS) is 12.8. The van der Waals surface area contributed by atoms with Crippen LogP contribution in [0, 0.1) is 34.6 Å². The van der Waals surface area contributed by atoms with Gasteiger partial charge in [0.05, 0.1) is 4.83 Å². The van der Waals surface area contributed by atoms with E-state index in [9.17, 15) is 0 Å². The van der Waals surface area contributed by atoms with E-state index in [1.54, 1.807) is 0 Å². The van der Waals surface area contributed by atoms with E-state index in [1.165, 1.54) is 37.6 Å². The van der Waals surface area contributed by atoms with Crippen LogP contribution in [0.25, 0.3) is 0 Å². The Morgan fingerprint density at radius 3 is 1.89 bits per heavy atom. The van der Waals surface area contributed by atoms with Crippen molar-refractivity contribution < 1.29 is 0 Å². The lowest BCUT2D eigenvalue weighted by molar-refractivity contribution is 1.12. The van der Waals surface area contributed by atoms with E-state index >= 15 is 0 Å². The van der Waals surface area contributed by atoms with E-state index in [2.05, 4.69) is 68.7 Å². The van der Waals surface area contributed by atoms with Crippen molar-refractivity contribution in [1.82, 2.24) is 0 Å². The van der Waals surface area contributed by atoms with Crippen molar-refractivity contribution in [2.75, 3.05) is 0 Å². The number of benzene rings is 1. The van der Waals surface area contributed by atoms with E-state index in [0.717, 1.165) is 0 Å². The van der Waals surface area contributed by atoms with Gasteiger partial charge in [-0.15, -0.1) is 11.3 Å². The summed E-state index contributed by atoms with van der Waals surface area (Å²) >= 11 is 5.77. The molecule has 18 heavy (non-hydrogen) atoms. The Morgan fingerprint density at radius 1 is 0.889 bits per heavy atom. The van der Waals surface area contributed by atoms with Crippen LogP contribution in [0.5, 0.6) is 0 Å². The molecule has 0 aliphatic rings. The molecular weight excluding hydrogens is 304 g/mol. The van der Waals surface area contributed by atoms with Gasteiger partial charge >= 0.3 is 0 Å². The van der Waals surface area contributed by atoms with Gasteiger partial charge in [0.15, 0.2) is 0 Å². The van der Waals surface area contributed by atoms with Crippen LogP contribution in [0.3, 0.4) is 0 Å². The van der Waals surface area contributed by atoms with Gasteiger partial charge in [-0.05, 0) is 62.9 Å². The fraction of sp³-hybridized carbons (Fsp3) is 0.375. The SMILES string of the molecule is Cc1cc(C)c(C(Br)c2cc(C)c(C)s2)c(C)c1. The molecular formula is C16H19BrS. The van der Waals surface area contributed by atoms with Gasteiger partial charge in [0.2, 0.25) is 0 Å². The third-order valence-electron chi connectivity index (χ3n) is 3.43. The van der Waals surface area contributed by atoms with Crippen molar-refractivity contribution in [3.63, 3.8) is 0 Å². The summed E-state index contributed by atoms with van der Waals surface area (Å²) in [5.41, 5.74) is 6.90. The van der Waals surface area contributed by atoms with Crippen molar-refractivity contribution >= 4 is 27.3 Å². The number of hydrogen-bond donors (Lipinski definition) is 0. The molecule has 0 bridgehead atoms. The molecule has 1 atom stereocenters. The minimum absolute atomic E-state index is 0.315. The van der Waals surface area contributed by atoms with Gasteiger partial charge in [-0.25, -0.2) is 0 Å². The molecule has 1 aromatic heterocycles.